The second-order valence-electron chi connectivity index (χ2n) is 5.22. The fourth-order valence-corrected chi connectivity index (χ4v) is 1.85. The van der Waals surface area contributed by atoms with Crippen molar-refractivity contribution in [2.24, 2.45) is 5.92 Å². The summed E-state index contributed by atoms with van der Waals surface area (Å²) in [7, 11) is 0. The first-order valence-electron chi connectivity index (χ1n) is 5.45. The third-order valence-electron chi connectivity index (χ3n) is 2.58. The lowest BCUT2D eigenvalue weighted by atomic mass is 10.0. The predicted octanol–water partition coefficient (Wildman–Crippen LogP) is 1.72. The predicted molar refractivity (Wildman–Crippen MR) is 58.1 cm³/mol. The van der Waals surface area contributed by atoms with Gasteiger partial charge in [-0.2, -0.15) is 0 Å². The summed E-state index contributed by atoms with van der Waals surface area (Å²) < 4.78 is 5.17. The normalized spacial score (nSPS) is 25.6. The Balaban J connectivity index is 2.73. The smallest absolute Gasteiger partial charge is 0.411 e. The molecule has 0 aliphatic carbocycles. The number of carboxylic acids is 1. The maximum atomic E-state index is 11.8. The molecule has 0 spiro atoms. The minimum absolute atomic E-state index is 0.0231. The van der Waals surface area contributed by atoms with Crippen molar-refractivity contribution in [3.8, 4) is 0 Å². The molecule has 2 atom stereocenters. The summed E-state index contributed by atoms with van der Waals surface area (Å²) in [6, 6.07) is -0.755. The summed E-state index contributed by atoms with van der Waals surface area (Å²) in [6.07, 6.45) is 0.167. The largest absolute Gasteiger partial charge is 0.480 e. The average molecular weight is 229 g/mol. The van der Waals surface area contributed by atoms with Crippen molar-refractivity contribution in [2.45, 2.75) is 45.8 Å². The average Bonchev–Trinajstić information content (AvgIpc) is 2.43. The zero-order chi connectivity index (χ0) is 12.5. The molecule has 1 aliphatic rings. The molecular weight excluding hydrogens is 210 g/mol. The standard InChI is InChI=1S/C11H19NO4/c1-7-5-6-12(8(7)9(13)14)10(15)16-11(2,3)4/h7-8H,5-6H2,1-4H3,(H,13,14)/t7-,8-/m1/s1. The molecule has 0 bridgehead atoms. The zero-order valence-corrected chi connectivity index (χ0v) is 10.2. The Kier molecular flexibility index (Phi) is 3.45. The number of rotatable bonds is 1. The molecule has 1 aliphatic heterocycles. The minimum atomic E-state index is -0.962. The van der Waals surface area contributed by atoms with Crippen molar-refractivity contribution in [2.75, 3.05) is 6.54 Å². The number of carbonyl (C=O) groups excluding carboxylic acids is 1. The fourth-order valence-electron chi connectivity index (χ4n) is 1.85. The molecular formula is C11H19NO4. The topological polar surface area (TPSA) is 66.8 Å². The molecule has 1 saturated heterocycles. The van der Waals surface area contributed by atoms with Gasteiger partial charge >= 0.3 is 12.1 Å². The number of carbonyl (C=O) groups is 2. The van der Waals surface area contributed by atoms with Gasteiger partial charge in [0.25, 0.3) is 0 Å². The first-order chi connectivity index (χ1) is 7.22. The van der Waals surface area contributed by atoms with Gasteiger partial charge in [-0.25, -0.2) is 9.59 Å². The van der Waals surface area contributed by atoms with Crippen molar-refractivity contribution in [1.29, 1.82) is 0 Å². The molecule has 0 aromatic rings. The maximum Gasteiger partial charge on any atom is 0.411 e. The van der Waals surface area contributed by atoms with E-state index in [1.807, 2.05) is 6.92 Å². The number of aliphatic carboxylic acids is 1. The maximum absolute atomic E-state index is 11.8. The van der Waals surface area contributed by atoms with Crippen LogP contribution in [0, 0.1) is 5.92 Å². The van der Waals surface area contributed by atoms with E-state index in [1.165, 1.54) is 4.90 Å². The van der Waals surface area contributed by atoms with Crippen LogP contribution in [-0.4, -0.2) is 40.3 Å². The molecule has 16 heavy (non-hydrogen) atoms. The van der Waals surface area contributed by atoms with E-state index < -0.39 is 23.7 Å². The second kappa shape index (κ2) is 4.31. The van der Waals surface area contributed by atoms with E-state index in [4.69, 9.17) is 9.84 Å². The van der Waals surface area contributed by atoms with Crippen LogP contribution in [0.3, 0.4) is 0 Å². The molecule has 1 heterocycles. The lowest BCUT2D eigenvalue weighted by Crippen LogP contribution is -2.45. The van der Waals surface area contributed by atoms with Gasteiger partial charge in [-0.1, -0.05) is 6.92 Å². The van der Waals surface area contributed by atoms with Crippen LogP contribution in [0.2, 0.25) is 0 Å². The quantitative estimate of drug-likeness (QED) is 0.743. The summed E-state index contributed by atoms with van der Waals surface area (Å²) in [6.45, 7) is 7.58. The Bertz CT molecular complexity index is 295. The van der Waals surface area contributed by atoms with E-state index in [0.717, 1.165) is 0 Å². The SMILES string of the molecule is C[C@@H]1CCN(C(=O)OC(C)(C)C)[C@H]1C(=O)O. The summed E-state index contributed by atoms with van der Waals surface area (Å²) >= 11 is 0. The van der Waals surface area contributed by atoms with Gasteiger partial charge in [-0.15, -0.1) is 0 Å². The zero-order valence-electron chi connectivity index (χ0n) is 10.2. The number of hydrogen-bond donors (Lipinski definition) is 1. The van der Waals surface area contributed by atoms with E-state index in [0.29, 0.717) is 13.0 Å². The molecule has 1 N–H and O–H groups in total. The van der Waals surface area contributed by atoms with Crippen LogP contribution in [0.25, 0.3) is 0 Å². The molecule has 1 amide bonds. The highest BCUT2D eigenvalue weighted by molar-refractivity contribution is 5.81. The number of carboxylic acid groups (broad SMARTS) is 1. The van der Waals surface area contributed by atoms with Crippen LogP contribution in [0.15, 0.2) is 0 Å². The Morgan fingerprint density at radius 3 is 2.38 bits per heavy atom. The summed E-state index contributed by atoms with van der Waals surface area (Å²) in [4.78, 5) is 24.1. The van der Waals surface area contributed by atoms with E-state index in [1.54, 1.807) is 20.8 Å². The van der Waals surface area contributed by atoms with E-state index >= 15 is 0 Å². The van der Waals surface area contributed by atoms with Crippen molar-refractivity contribution >= 4 is 12.1 Å². The lowest BCUT2D eigenvalue weighted by Gasteiger charge is -2.27. The summed E-state index contributed by atoms with van der Waals surface area (Å²) in [5, 5.41) is 9.05. The van der Waals surface area contributed by atoms with Gasteiger partial charge in [0.2, 0.25) is 0 Å². The summed E-state index contributed by atoms with van der Waals surface area (Å²) in [5.41, 5.74) is -0.591. The minimum Gasteiger partial charge on any atom is -0.480 e. The van der Waals surface area contributed by atoms with Crippen LogP contribution >= 0.6 is 0 Å². The molecule has 0 radical (unpaired) electrons. The van der Waals surface area contributed by atoms with Gasteiger partial charge in [-0.3, -0.25) is 4.90 Å². The van der Waals surface area contributed by atoms with Crippen molar-refractivity contribution < 1.29 is 19.4 Å². The summed E-state index contributed by atoms with van der Waals surface area (Å²) in [5.74, 6) is -0.985. The Morgan fingerprint density at radius 1 is 1.38 bits per heavy atom. The van der Waals surface area contributed by atoms with Crippen molar-refractivity contribution in [1.82, 2.24) is 4.90 Å². The second-order valence-corrected chi connectivity index (χ2v) is 5.22. The lowest BCUT2D eigenvalue weighted by molar-refractivity contribution is -0.143. The van der Waals surface area contributed by atoms with E-state index in [2.05, 4.69) is 0 Å². The fraction of sp³-hybridized carbons (Fsp3) is 0.818. The van der Waals surface area contributed by atoms with Gasteiger partial charge in [0.15, 0.2) is 0 Å². The highest BCUT2D eigenvalue weighted by Gasteiger charge is 2.41. The first-order valence-corrected chi connectivity index (χ1v) is 5.45. The van der Waals surface area contributed by atoms with Crippen LogP contribution in [0.4, 0.5) is 4.79 Å². The monoisotopic (exact) mass is 229 g/mol. The Labute approximate surface area is 95.4 Å². The Hall–Kier alpha value is -1.26. The Morgan fingerprint density at radius 2 is 1.94 bits per heavy atom. The molecule has 0 aromatic carbocycles. The van der Waals surface area contributed by atoms with Crippen LogP contribution in [0.5, 0.6) is 0 Å². The number of amides is 1. The van der Waals surface area contributed by atoms with Gasteiger partial charge in [0, 0.05) is 6.54 Å². The molecule has 1 rings (SSSR count). The van der Waals surface area contributed by atoms with Gasteiger partial charge in [0.1, 0.15) is 11.6 Å². The highest BCUT2D eigenvalue weighted by Crippen LogP contribution is 2.25. The molecule has 5 nitrogen and oxygen atoms in total. The third kappa shape index (κ3) is 2.87. The van der Waals surface area contributed by atoms with Crippen LogP contribution < -0.4 is 0 Å². The molecule has 0 saturated carbocycles. The molecule has 0 aromatic heterocycles. The van der Waals surface area contributed by atoms with Gasteiger partial charge in [0.05, 0.1) is 0 Å². The molecule has 1 fully saturated rings. The van der Waals surface area contributed by atoms with Crippen LogP contribution in [-0.2, 0) is 9.53 Å². The van der Waals surface area contributed by atoms with Crippen molar-refractivity contribution in [3.63, 3.8) is 0 Å². The third-order valence-corrected chi connectivity index (χ3v) is 2.58. The van der Waals surface area contributed by atoms with Gasteiger partial charge < -0.3 is 9.84 Å². The molecule has 0 unspecified atom stereocenters. The molecule has 92 valence electrons. The van der Waals surface area contributed by atoms with Gasteiger partial charge in [-0.05, 0) is 33.1 Å². The van der Waals surface area contributed by atoms with E-state index in [-0.39, 0.29) is 5.92 Å². The number of likely N-dealkylation sites (tertiary alicyclic amines) is 1. The highest BCUT2D eigenvalue weighted by atomic mass is 16.6. The van der Waals surface area contributed by atoms with Crippen molar-refractivity contribution in [3.05, 3.63) is 0 Å². The molecule has 5 heteroatoms. The number of ether oxygens (including phenoxy) is 1. The number of nitrogens with zero attached hydrogens (tertiary/aromatic N) is 1. The van der Waals surface area contributed by atoms with E-state index in [9.17, 15) is 9.59 Å². The number of hydrogen-bond acceptors (Lipinski definition) is 3. The van der Waals surface area contributed by atoms with Crippen LogP contribution in [0.1, 0.15) is 34.1 Å². The first kappa shape index (κ1) is 12.8.